The van der Waals surface area contributed by atoms with Gasteiger partial charge in [0.2, 0.25) is 5.60 Å². The van der Waals surface area contributed by atoms with Crippen LogP contribution in [0.4, 0.5) is 5.69 Å². The Morgan fingerprint density at radius 2 is 1.46 bits per heavy atom. The van der Waals surface area contributed by atoms with Crippen LogP contribution in [0.15, 0.2) is 84.9 Å². The summed E-state index contributed by atoms with van der Waals surface area (Å²) in [5.41, 5.74) is -0.0169. The molecule has 0 saturated heterocycles. The lowest BCUT2D eigenvalue weighted by atomic mass is 9.82. The van der Waals surface area contributed by atoms with Gasteiger partial charge in [0.25, 0.3) is 0 Å². The molecule has 0 radical (unpaired) electrons. The highest BCUT2D eigenvalue weighted by molar-refractivity contribution is 5.83. The average Bonchev–Trinajstić information content (AvgIpc) is 2.78. The summed E-state index contributed by atoms with van der Waals surface area (Å²) in [6.45, 7) is 0. The summed E-state index contributed by atoms with van der Waals surface area (Å²) in [6, 6.07) is 24.6. The van der Waals surface area contributed by atoms with Gasteiger partial charge in [-0.25, -0.2) is 4.79 Å². The van der Waals surface area contributed by atoms with E-state index in [9.17, 15) is 9.90 Å². The summed E-state index contributed by atoms with van der Waals surface area (Å²) in [7, 11) is 2.87. The average molecular weight is 377 g/mol. The fourth-order valence-corrected chi connectivity index (χ4v) is 3.18. The number of anilines is 1. The van der Waals surface area contributed by atoms with Gasteiger partial charge >= 0.3 is 5.97 Å². The third-order valence-electron chi connectivity index (χ3n) is 4.66. The Hall–Kier alpha value is -3.31. The van der Waals surface area contributed by atoms with Crippen molar-refractivity contribution in [1.82, 2.24) is 0 Å². The maximum absolute atomic E-state index is 12.8. The molecule has 2 atom stereocenters. The predicted molar refractivity (Wildman–Crippen MR) is 108 cm³/mol. The zero-order valence-electron chi connectivity index (χ0n) is 15.8. The molecule has 3 aromatic rings. The summed E-state index contributed by atoms with van der Waals surface area (Å²) < 4.78 is 10.2. The maximum Gasteiger partial charge on any atom is 0.345 e. The molecule has 0 aliphatic heterocycles. The molecule has 144 valence electrons. The summed E-state index contributed by atoms with van der Waals surface area (Å²) in [4.78, 5) is 12.8. The number of rotatable bonds is 7. The minimum absolute atomic E-state index is 0.441. The molecule has 3 aromatic carbocycles. The number of carbonyl (C=O) groups is 1. The standard InChI is InChI=1S/C23H23NO4/c1-27-20-15-13-19(14-16-20)24-21(17-9-5-3-6-10-17)23(26,22(25)28-2)18-11-7-4-8-12-18/h3-16,21,24,26H,1-2H3/t21-,23+/m0/s1. The molecule has 5 nitrogen and oxygen atoms in total. The lowest BCUT2D eigenvalue weighted by Crippen LogP contribution is -2.45. The smallest absolute Gasteiger partial charge is 0.345 e. The van der Waals surface area contributed by atoms with Crippen molar-refractivity contribution < 1.29 is 19.4 Å². The summed E-state index contributed by atoms with van der Waals surface area (Å²) in [6.07, 6.45) is 0. The van der Waals surface area contributed by atoms with Crippen LogP contribution >= 0.6 is 0 Å². The molecule has 0 bridgehead atoms. The second-order valence-electron chi connectivity index (χ2n) is 6.34. The molecule has 5 heteroatoms. The van der Waals surface area contributed by atoms with E-state index in [-0.39, 0.29) is 0 Å². The van der Waals surface area contributed by atoms with Crippen LogP contribution in [0.1, 0.15) is 17.2 Å². The first-order valence-corrected chi connectivity index (χ1v) is 8.91. The zero-order chi connectivity index (χ0) is 20.0. The van der Waals surface area contributed by atoms with Gasteiger partial charge in [-0.2, -0.15) is 0 Å². The van der Waals surface area contributed by atoms with Crippen molar-refractivity contribution in [2.24, 2.45) is 0 Å². The number of esters is 1. The Morgan fingerprint density at radius 1 is 0.893 bits per heavy atom. The Labute approximate surface area is 164 Å². The monoisotopic (exact) mass is 377 g/mol. The van der Waals surface area contributed by atoms with Gasteiger partial charge in [-0.05, 0) is 35.4 Å². The molecule has 3 rings (SSSR count). The Morgan fingerprint density at radius 3 is 2.00 bits per heavy atom. The second kappa shape index (κ2) is 8.59. The molecule has 0 aliphatic rings. The van der Waals surface area contributed by atoms with E-state index < -0.39 is 17.6 Å². The van der Waals surface area contributed by atoms with Crippen LogP contribution in [0.3, 0.4) is 0 Å². The van der Waals surface area contributed by atoms with Crippen LogP contribution in [0.25, 0.3) is 0 Å². The van der Waals surface area contributed by atoms with Gasteiger partial charge in [0.1, 0.15) is 5.75 Å². The number of nitrogens with one attached hydrogen (secondary N) is 1. The SMILES string of the molecule is COC(=O)[C@@](O)(c1ccccc1)[C@@H](Nc1ccc(OC)cc1)c1ccccc1. The molecule has 2 N–H and O–H groups in total. The van der Waals surface area contributed by atoms with Crippen molar-refractivity contribution in [3.05, 3.63) is 96.1 Å². The normalized spacial score (nSPS) is 13.8. The summed E-state index contributed by atoms with van der Waals surface area (Å²) in [5, 5.41) is 15.0. The molecule has 0 amide bonds. The highest BCUT2D eigenvalue weighted by Crippen LogP contribution is 2.39. The van der Waals surface area contributed by atoms with Gasteiger partial charge in [-0.1, -0.05) is 60.7 Å². The fourth-order valence-electron chi connectivity index (χ4n) is 3.18. The first-order chi connectivity index (χ1) is 13.6. The van der Waals surface area contributed by atoms with Crippen molar-refractivity contribution in [1.29, 1.82) is 0 Å². The van der Waals surface area contributed by atoms with E-state index >= 15 is 0 Å². The maximum atomic E-state index is 12.8. The van der Waals surface area contributed by atoms with Crippen molar-refractivity contribution >= 4 is 11.7 Å². The van der Waals surface area contributed by atoms with E-state index in [0.29, 0.717) is 11.3 Å². The number of methoxy groups -OCH3 is 2. The van der Waals surface area contributed by atoms with E-state index in [2.05, 4.69) is 5.32 Å². The number of hydrogen-bond donors (Lipinski definition) is 2. The number of benzene rings is 3. The third kappa shape index (κ3) is 3.85. The summed E-state index contributed by atoms with van der Waals surface area (Å²) in [5.74, 6) is -0.0262. The Bertz CT molecular complexity index is 897. The number of hydrogen-bond acceptors (Lipinski definition) is 5. The van der Waals surface area contributed by atoms with Crippen LogP contribution < -0.4 is 10.1 Å². The molecular weight excluding hydrogens is 354 g/mol. The zero-order valence-corrected chi connectivity index (χ0v) is 15.8. The van der Waals surface area contributed by atoms with Crippen LogP contribution in [0.5, 0.6) is 5.75 Å². The lowest BCUT2D eigenvalue weighted by molar-refractivity contribution is -0.165. The van der Waals surface area contributed by atoms with E-state index in [1.165, 1.54) is 7.11 Å². The molecule has 0 unspecified atom stereocenters. The number of aliphatic hydroxyl groups is 1. The minimum Gasteiger partial charge on any atom is -0.497 e. The molecule has 0 fully saturated rings. The lowest BCUT2D eigenvalue weighted by Gasteiger charge is -2.35. The number of carbonyl (C=O) groups excluding carboxylic acids is 1. The predicted octanol–water partition coefficient (Wildman–Crippen LogP) is 3.91. The van der Waals surface area contributed by atoms with Crippen LogP contribution in [0, 0.1) is 0 Å². The first-order valence-electron chi connectivity index (χ1n) is 8.91. The Balaban J connectivity index is 2.11. The van der Waals surface area contributed by atoms with Crippen molar-refractivity contribution in [3.63, 3.8) is 0 Å². The summed E-state index contributed by atoms with van der Waals surface area (Å²) >= 11 is 0. The largest absolute Gasteiger partial charge is 0.497 e. The van der Waals surface area contributed by atoms with Gasteiger partial charge in [0.05, 0.1) is 20.3 Å². The second-order valence-corrected chi connectivity index (χ2v) is 6.34. The fraction of sp³-hybridized carbons (Fsp3) is 0.174. The minimum atomic E-state index is -1.93. The quantitative estimate of drug-likeness (QED) is 0.611. The van der Waals surface area contributed by atoms with E-state index in [1.807, 2.05) is 60.7 Å². The molecule has 28 heavy (non-hydrogen) atoms. The molecule has 0 saturated carbocycles. The van der Waals surface area contributed by atoms with Crippen molar-refractivity contribution in [2.45, 2.75) is 11.6 Å². The van der Waals surface area contributed by atoms with Gasteiger partial charge in [0.15, 0.2) is 0 Å². The number of ether oxygens (including phenoxy) is 2. The first kappa shape index (κ1) is 19.5. The van der Waals surface area contributed by atoms with Gasteiger partial charge in [0, 0.05) is 5.69 Å². The van der Waals surface area contributed by atoms with Gasteiger partial charge in [-0.15, -0.1) is 0 Å². The van der Waals surface area contributed by atoms with Crippen LogP contribution in [-0.2, 0) is 15.1 Å². The van der Waals surface area contributed by atoms with E-state index in [0.717, 1.165) is 11.3 Å². The molecule has 0 heterocycles. The van der Waals surface area contributed by atoms with Gasteiger partial charge < -0.3 is 19.9 Å². The molecule has 0 spiro atoms. The van der Waals surface area contributed by atoms with Crippen LogP contribution in [-0.4, -0.2) is 25.3 Å². The van der Waals surface area contributed by atoms with E-state index in [1.54, 1.807) is 31.4 Å². The molecule has 0 aliphatic carbocycles. The third-order valence-corrected chi connectivity index (χ3v) is 4.66. The molecule has 0 aromatic heterocycles. The molecular formula is C23H23NO4. The van der Waals surface area contributed by atoms with Crippen molar-refractivity contribution in [3.8, 4) is 5.75 Å². The van der Waals surface area contributed by atoms with E-state index in [4.69, 9.17) is 9.47 Å². The van der Waals surface area contributed by atoms with Crippen LogP contribution in [0.2, 0.25) is 0 Å². The highest BCUT2D eigenvalue weighted by Gasteiger charge is 2.47. The van der Waals surface area contributed by atoms with Crippen molar-refractivity contribution in [2.75, 3.05) is 19.5 Å². The highest BCUT2D eigenvalue weighted by atomic mass is 16.5. The Kier molecular flexibility index (Phi) is 5.96. The van der Waals surface area contributed by atoms with Gasteiger partial charge in [-0.3, -0.25) is 0 Å². The topological polar surface area (TPSA) is 67.8 Å².